The van der Waals surface area contributed by atoms with Crippen LogP contribution in [0.3, 0.4) is 0 Å². The number of imidazole rings is 1. The molecule has 0 aliphatic carbocycles. The van der Waals surface area contributed by atoms with E-state index in [4.69, 9.17) is 18.9 Å². The van der Waals surface area contributed by atoms with Crippen molar-refractivity contribution in [2.75, 3.05) is 28.4 Å². The van der Waals surface area contributed by atoms with E-state index in [2.05, 4.69) is 9.97 Å². The fraction of sp³-hybridized carbons (Fsp3) is 0.200. The number of para-hydroxylation sites is 2. The summed E-state index contributed by atoms with van der Waals surface area (Å²) in [4.78, 5) is 20.0. The second-order valence-electron chi connectivity index (χ2n) is 5.61. The summed E-state index contributed by atoms with van der Waals surface area (Å²) >= 11 is 0. The molecule has 1 heterocycles. The van der Waals surface area contributed by atoms with Crippen molar-refractivity contribution in [1.82, 2.24) is 9.97 Å². The number of methoxy groups -OCH3 is 4. The van der Waals surface area contributed by atoms with Crippen molar-refractivity contribution in [3.05, 3.63) is 47.8 Å². The molecule has 148 valence electrons. The highest BCUT2D eigenvalue weighted by molar-refractivity contribution is 6.21. The lowest BCUT2D eigenvalue weighted by atomic mass is 10.1. The third kappa shape index (κ3) is 4.04. The first-order valence-electron chi connectivity index (χ1n) is 8.16. The number of aromatic amines is 1. The topological polar surface area (TPSA) is 82.7 Å². The molecule has 0 aliphatic heterocycles. The van der Waals surface area contributed by atoms with Crippen LogP contribution in [0, 0.1) is 0 Å². The van der Waals surface area contributed by atoms with Crippen molar-refractivity contribution < 1.29 is 23.7 Å². The van der Waals surface area contributed by atoms with Gasteiger partial charge in [-0.2, -0.15) is 0 Å². The van der Waals surface area contributed by atoms with E-state index in [1.165, 1.54) is 28.4 Å². The lowest BCUT2D eigenvalue weighted by molar-refractivity contribution is -0.133. The monoisotopic (exact) mass is 404 g/mol. The van der Waals surface area contributed by atoms with E-state index < -0.39 is 5.97 Å². The third-order valence-corrected chi connectivity index (χ3v) is 4.05. The number of benzene rings is 2. The Kier molecular flexibility index (Phi) is 6.89. The first-order valence-corrected chi connectivity index (χ1v) is 8.16. The maximum Gasteiger partial charge on any atom is 0.341 e. The number of halogens is 1. The molecule has 0 amide bonds. The number of carbonyl (C=O) groups is 1. The average Bonchev–Trinajstić information content (AvgIpc) is 3.14. The van der Waals surface area contributed by atoms with Crippen molar-refractivity contribution in [2.24, 2.45) is 0 Å². The zero-order valence-corrected chi connectivity index (χ0v) is 16.8. The maximum absolute atomic E-state index is 12.4. The minimum atomic E-state index is -0.511. The lowest BCUT2D eigenvalue weighted by Crippen LogP contribution is -2.05. The van der Waals surface area contributed by atoms with Gasteiger partial charge in [0.05, 0.1) is 39.5 Å². The molecule has 0 bridgehead atoms. The molecule has 3 aromatic rings. The van der Waals surface area contributed by atoms with Gasteiger partial charge in [0.2, 0.25) is 5.75 Å². The van der Waals surface area contributed by atoms with E-state index >= 15 is 0 Å². The first kappa shape index (κ1) is 21.1. The molecule has 0 saturated carbocycles. The molecule has 0 spiro atoms. The molecule has 0 atom stereocenters. The van der Waals surface area contributed by atoms with Crippen molar-refractivity contribution in [1.29, 1.82) is 0 Å². The molecule has 1 N–H and O–H groups in total. The summed E-state index contributed by atoms with van der Waals surface area (Å²) in [5.74, 6) is 1.34. The van der Waals surface area contributed by atoms with E-state index in [9.17, 15) is 4.79 Å². The number of rotatable bonds is 6. The summed E-state index contributed by atoms with van der Waals surface area (Å²) < 4.78 is 21.0. The van der Waals surface area contributed by atoms with Gasteiger partial charge in [-0.25, -0.2) is 9.78 Å². The molecular weight excluding hydrogens is 384 g/mol. The molecule has 1 aromatic heterocycles. The minimum Gasteiger partial charge on any atom is -0.493 e. The second-order valence-corrected chi connectivity index (χ2v) is 5.61. The van der Waals surface area contributed by atoms with Crippen molar-refractivity contribution >= 4 is 41.1 Å². The Hall–Kier alpha value is -3.19. The van der Waals surface area contributed by atoms with Crippen molar-refractivity contribution in [3.63, 3.8) is 0 Å². The summed E-state index contributed by atoms with van der Waals surface area (Å²) in [6, 6.07) is 11.0. The first-order chi connectivity index (χ1) is 13.1. The number of fused-ring (bicyclic) bond motifs is 1. The highest BCUT2D eigenvalue weighted by Gasteiger charge is 2.19. The zero-order valence-electron chi connectivity index (χ0n) is 15.9. The average molecular weight is 405 g/mol. The van der Waals surface area contributed by atoms with E-state index in [1.807, 2.05) is 24.3 Å². The lowest BCUT2D eigenvalue weighted by Gasteiger charge is -2.13. The largest absolute Gasteiger partial charge is 0.493 e. The highest BCUT2D eigenvalue weighted by atomic mass is 35.5. The van der Waals surface area contributed by atoms with Gasteiger partial charge < -0.3 is 23.9 Å². The van der Waals surface area contributed by atoms with Crippen LogP contribution >= 0.6 is 12.4 Å². The Morgan fingerprint density at radius 3 is 2.18 bits per heavy atom. The molecule has 2 aromatic carbocycles. The number of aromatic nitrogens is 2. The van der Waals surface area contributed by atoms with Gasteiger partial charge in [0.1, 0.15) is 11.4 Å². The number of esters is 1. The molecule has 7 nitrogen and oxygen atoms in total. The summed E-state index contributed by atoms with van der Waals surface area (Å²) in [6.07, 6.45) is 1.66. The number of hydrogen-bond acceptors (Lipinski definition) is 6. The fourth-order valence-corrected chi connectivity index (χ4v) is 2.77. The molecule has 0 saturated heterocycles. The smallest absolute Gasteiger partial charge is 0.341 e. The Bertz CT molecular complexity index is 955. The van der Waals surface area contributed by atoms with Crippen molar-refractivity contribution in [2.45, 2.75) is 0 Å². The van der Waals surface area contributed by atoms with Crippen LogP contribution in [0.15, 0.2) is 36.4 Å². The van der Waals surface area contributed by atoms with Gasteiger partial charge in [-0.3, -0.25) is 0 Å². The SMILES string of the molecule is COC(=O)/C(=C/c1cc(OC)c(OC)c(OC)c1)c1nc2ccccc2[nH]1.Cl. The summed E-state index contributed by atoms with van der Waals surface area (Å²) in [5, 5.41) is 0. The van der Waals surface area contributed by atoms with Crippen molar-refractivity contribution in [3.8, 4) is 17.2 Å². The molecule has 8 heteroatoms. The Morgan fingerprint density at radius 2 is 1.64 bits per heavy atom. The molecule has 0 fully saturated rings. The molecule has 0 aliphatic rings. The third-order valence-electron chi connectivity index (χ3n) is 4.05. The van der Waals surface area contributed by atoms with E-state index in [-0.39, 0.29) is 18.0 Å². The Labute approximate surface area is 168 Å². The van der Waals surface area contributed by atoms with Crippen LogP contribution in [0.1, 0.15) is 11.4 Å². The molecule has 28 heavy (non-hydrogen) atoms. The van der Waals surface area contributed by atoms with Crippen LogP contribution in [0.5, 0.6) is 17.2 Å². The molecule has 3 rings (SSSR count). The van der Waals surface area contributed by atoms with E-state index in [0.717, 1.165) is 11.0 Å². The molecular formula is C20H21ClN2O5. The predicted octanol–water partition coefficient (Wildman–Crippen LogP) is 3.72. The van der Waals surface area contributed by atoms with Crippen LogP contribution in [-0.2, 0) is 9.53 Å². The van der Waals surface area contributed by atoms with Gasteiger partial charge in [-0.05, 0) is 35.9 Å². The van der Waals surface area contributed by atoms with Crippen LogP contribution in [-0.4, -0.2) is 44.4 Å². The van der Waals surface area contributed by atoms with Crippen LogP contribution in [0.25, 0.3) is 22.7 Å². The number of carbonyl (C=O) groups excluding carboxylic acids is 1. The molecule has 0 unspecified atom stereocenters. The van der Waals surface area contributed by atoms with Gasteiger partial charge in [-0.1, -0.05) is 12.1 Å². The number of ether oxygens (including phenoxy) is 4. The number of nitrogens with zero attached hydrogens (tertiary/aromatic N) is 1. The van der Waals surface area contributed by atoms with Gasteiger partial charge in [0, 0.05) is 0 Å². The second kappa shape index (κ2) is 9.14. The Balaban J connectivity index is 0.00000280. The summed E-state index contributed by atoms with van der Waals surface area (Å²) in [6.45, 7) is 0. The van der Waals surface area contributed by atoms with Crippen LogP contribution in [0.2, 0.25) is 0 Å². The maximum atomic E-state index is 12.4. The standard InChI is InChI=1S/C20H20N2O5.ClH/c1-24-16-10-12(11-17(25-2)18(16)26-3)9-13(20(23)27-4)19-21-14-7-5-6-8-15(14)22-19;/h5-11H,1-4H3,(H,21,22);1H/b13-9+;. The Morgan fingerprint density at radius 1 is 1.00 bits per heavy atom. The van der Waals surface area contributed by atoms with E-state index in [0.29, 0.717) is 28.6 Å². The number of H-pyrrole nitrogens is 1. The number of hydrogen-bond donors (Lipinski definition) is 1. The quantitative estimate of drug-likeness (QED) is 0.498. The van der Waals surface area contributed by atoms with Gasteiger partial charge in [0.15, 0.2) is 11.5 Å². The van der Waals surface area contributed by atoms with Crippen LogP contribution in [0.4, 0.5) is 0 Å². The fourth-order valence-electron chi connectivity index (χ4n) is 2.77. The van der Waals surface area contributed by atoms with Crippen LogP contribution < -0.4 is 14.2 Å². The summed E-state index contributed by atoms with van der Waals surface area (Å²) in [5.41, 5.74) is 2.53. The zero-order chi connectivity index (χ0) is 19.4. The highest BCUT2D eigenvalue weighted by Crippen LogP contribution is 2.39. The summed E-state index contributed by atoms with van der Waals surface area (Å²) in [7, 11) is 5.93. The van der Waals surface area contributed by atoms with Gasteiger partial charge >= 0.3 is 5.97 Å². The number of nitrogens with one attached hydrogen (secondary N) is 1. The molecule has 0 radical (unpaired) electrons. The minimum absolute atomic E-state index is 0. The normalized spacial score (nSPS) is 10.9. The van der Waals surface area contributed by atoms with Gasteiger partial charge in [0.25, 0.3) is 0 Å². The predicted molar refractivity (Wildman–Crippen MR) is 109 cm³/mol. The van der Waals surface area contributed by atoms with Gasteiger partial charge in [-0.15, -0.1) is 12.4 Å². The van der Waals surface area contributed by atoms with E-state index in [1.54, 1.807) is 18.2 Å².